The Bertz CT molecular complexity index is 851. The van der Waals surface area contributed by atoms with E-state index in [0.29, 0.717) is 34.9 Å². The van der Waals surface area contributed by atoms with Crippen molar-refractivity contribution in [3.63, 3.8) is 0 Å². The van der Waals surface area contributed by atoms with E-state index in [2.05, 4.69) is 10.2 Å². The average molecular weight is 343 g/mol. The summed E-state index contributed by atoms with van der Waals surface area (Å²) in [6, 6.07) is 10.7. The van der Waals surface area contributed by atoms with Gasteiger partial charge >= 0.3 is 0 Å². The minimum Gasteiger partial charge on any atom is -0.495 e. The van der Waals surface area contributed by atoms with Crippen molar-refractivity contribution in [3.05, 3.63) is 58.1 Å². The number of hydrogen-bond donors (Lipinski definition) is 1. The number of carbonyl (C=O) groups excluding carboxylic acids is 2. The molecule has 2 aromatic rings. The maximum absolute atomic E-state index is 12.5. The molecule has 2 heterocycles. The summed E-state index contributed by atoms with van der Waals surface area (Å²) < 4.78 is 5.18. The van der Waals surface area contributed by atoms with Gasteiger partial charge < -0.3 is 15.0 Å². The second kappa shape index (κ2) is 5.53. The van der Waals surface area contributed by atoms with E-state index in [9.17, 15) is 9.59 Å². The van der Waals surface area contributed by atoms with Gasteiger partial charge in [-0.25, -0.2) is 0 Å². The molecule has 2 aromatic carbocycles. The fourth-order valence-electron chi connectivity index (χ4n) is 3.38. The lowest BCUT2D eigenvalue weighted by Crippen LogP contribution is -2.49. The van der Waals surface area contributed by atoms with E-state index in [1.807, 2.05) is 6.07 Å². The van der Waals surface area contributed by atoms with Gasteiger partial charge in [0.1, 0.15) is 11.9 Å². The molecule has 5 nitrogen and oxygen atoms in total. The lowest BCUT2D eigenvalue weighted by molar-refractivity contribution is 0.0921. The van der Waals surface area contributed by atoms with Gasteiger partial charge in [0.2, 0.25) is 0 Å². The Morgan fingerprint density at radius 3 is 2.75 bits per heavy atom. The first kappa shape index (κ1) is 15.0. The van der Waals surface area contributed by atoms with Gasteiger partial charge in [0.25, 0.3) is 5.91 Å². The molecule has 0 aromatic heterocycles. The molecule has 0 aliphatic carbocycles. The van der Waals surface area contributed by atoms with Crippen LogP contribution in [-0.4, -0.2) is 25.3 Å². The van der Waals surface area contributed by atoms with Gasteiger partial charge in [-0.3, -0.25) is 9.59 Å². The van der Waals surface area contributed by atoms with Gasteiger partial charge in [-0.1, -0.05) is 23.7 Å². The molecule has 2 aliphatic rings. The topological polar surface area (TPSA) is 58.6 Å². The van der Waals surface area contributed by atoms with E-state index >= 15 is 0 Å². The Hall–Kier alpha value is -2.53. The number of amides is 1. The molecule has 24 heavy (non-hydrogen) atoms. The number of methoxy groups -OCH3 is 1. The van der Waals surface area contributed by atoms with E-state index < -0.39 is 0 Å². The van der Waals surface area contributed by atoms with Crippen LogP contribution >= 0.6 is 11.6 Å². The first-order chi connectivity index (χ1) is 11.6. The highest BCUT2D eigenvalue weighted by molar-refractivity contribution is 6.32. The maximum atomic E-state index is 12.5. The van der Waals surface area contributed by atoms with Crippen molar-refractivity contribution >= 4 is 29.0 Å². The first-order valence-corrected chi connectivity index (χ1v) is 8.05. The predicted molar refractivity (Wildman–Crippen MR) is 90.9 cm³/mol. The number of carbonyl (C=O) groups is 2. The van der Waals surface area contributed by atoms with E-state index in [1.165, 1.54) is 0 Å². The maximum Gasteiger partial charge on any atom is 0.255 e. The van der Waals surface area contributed by atoms with Crippen molar-refractivity contribution in [1.29, 1.82) is 0 Å². The molecule has 4 rings (SSSR count). The zero-order valence-corrected chi connectivity index (χ0v) is 13.8. The van der Waals surface area contributed by atoms with Crippen LogP contribution < -0.4 is 15.0 Å². The Balaban J connectivity index is 1.84. The van der Waals surface area contributed by atoms with Crippen LogP contribution in [0.5, 0.6) is 5.75 Å². The van der Waals surface area contributed by atoms with Crippen LogP contribution in [0.3, 0.4) is 0 Å². The number of rotatable bonds is 2. The normalized spacial score (nSPS) is 18.9. The third-order valence-corrected chi connectivity index (χ3v) is 4.81. The largest absolute Gasteiger partial charge is 0.495 e. The molecule has 2 aliphatic heterocycles. The average Bonchev–Trinajstić information content (AvgIpc) is 2.59. The van der Waals surface area contributed by atoms with Crippen LogP contribution in [0.15, 0.2) is 36.4 Å². The molecular weight excluding hydrogens is 328 g/mol. The van der Waals surface area contributed by atoms with Gasteiger partial charge in [0, 0.05) is 18.5 Å². The number of para-hydroxylation sites is 1. The lowest BCUT2D eigenvalue weighted by atomic mass is 9.92. The number of anilines is 1. The predicted octanol–water partition coefficient (Wildman–Crippen LogP) is 3.18. The second-order valence-corrected chi connectivity index (χ2v) is 6.25. The van der Waals surface area contributed by atoms with Gasteiger partial charge in [-0.15, -0.1) is 0 Å². The fraction of sp³-hybridized carbons (Fsp3) is 0.222. The number of ether oxygens (including phenoxy) is 1. The van der Waals surface area contributed by atoms with E-state index in [0.717, 1.165) is 11.3 Å². The number of Topliss-reactive ketones (excluding diaryl/α,β-unsaturated/α-hetero) is 1. The number of nitrogens with zero attached hydrogens (tertiary/aromatic N) is 1. The summed E-state index contributed by atoms with van der Waals surface area (Å²) in [5.41, 5.74) is 2.72. The molecule has 1 N–H and O–H groups in total. The van der Waals surface area contributed by atoms with Crippen molar-refractivity contribution in [1.82, 2.24) is 5.32 Å². The summed E-state index contributed by atoms with van der Waals surface area (Å²) in [6.45, 7) is 0.553. The minimum atomic E-state index is -0.359. The van der Waals surface area contributed by atoms with Crippen LogP contribution in [-0.2, 0) is 0 Å². The standard InChI is InChI=1S/C18H15ClN2O3/c1-24-15-6-5-10(9-13(15)19)17-20-18(23)12-4-2-3-11-14(22)7-8-21(17)16(11)12/h2-6,9,17H,7-8H2,1H3,(H,20,23). The van der Waals surface area contributed by atoms with Crippen molar-refractivity contribution in [3.8, 4) is 5.75 Å². The van der Waals surface area contributed by atoms with Crippen molar-refractivity contribution < 1.29 is 14.3 Å². The van der Waals surface area contributed by atoms with Crippen LogP contribution in [0.2, 0.25) is 5.02 Å². The van der Waals surface area contributed by atoms with Crippen LogP contribution in [0.1, 0.15) is 38.9 Å². The van der Waals surface area contributed by atoms with Gasteiger partial charge in [-0.2, -0.15) is 0 Å². The summed E-state index contributed by atoms with van der Waals surface area (Å²) in [5.74, 6) is 0.469. The van der Waals surface area contributed by atoms with E-state index in [-0.39, 0.29) is 17.9 Å². The van der Waals surface area contributed by atoms with Crippen LogP contribution in [0, 0.1) is 0 Å². The second-order valence-electron chi connectivity index (χ2n) is 5.84. The summed E-state index contributed by atoms with van der Waals surface area (Å²) in [5, 5.41) is 3.49. The molecular formula is C18H15ClN2O3. The Morgan fingerprint density at radius 2 is 2.00 bits per heavy atom. The summed E-state index contributed by atoms with van der Waals surface area (Å²) >= 11 is 6.23. The third-order valence-electron chi connectivity index (χ3n) is 4.52. The third kappa shape index (κ3) is 2.16. The highest BCUT2D eigenvalue weighted by Gasteiger charge is 2.37. The molecule has 0 fully saturated rings. The summed E-state index contributed by atoms with van der Waals surface area (Å²) in [4.78, 5) is 26.8. The number of nitrogens with one attached hydrogen (secondary N) is 1. The Labute approximate surface area is 144 Å². The highest BCUT2D eigenvalue weighted by Crippen LogP contribution is 2.40. The van der Waals surface area contributed by atoms with Gasteiger partial charge in [0.05, 0.1) is 23.4 Å². The SMILES string of the molecule is COc1ccc(C2NC(=O)c3cccc4c3N2CCC4=O)cc1Cl. The zero-order valence-electron chi connectivity index (χ0n) is 13.0. The number of ketones is 1. The monoisotopic (exact) mass is 342 g/mol. The van der Waals surface area contributed by atoms with E-state index in [1.54, 1.807) is 37.4 Å². The number of hydrogen-bond acceptors (Lipinski definition) is 4. The summed E-state index contributed by atoms with van der Waals surface area (Å²) in [7, 11) is 1.56. The molecule has 0 spiro atoms. The smallest absolute Gasteiger partial charge is 0.255 e. The molecule has 1 unspecified atom stereocenters. The first-order valence-electron chi connectivity index (χ1n) is 7.67. The highest BCUT2D eigenvalue weighted by atomic mass is 35.5. The van der Waals surface area contributed by atoms with Gasteiger partial charge in [-0.05, 0) is 29.8 Å². The molecule has 0 saturated carbocycles. The van der Waals surface area contributed by atoms with Crippen molar-refractivity contribution in [2.75, 3.05) is 18.6 Å². The quantitative estimate of drug-likeness (QED) is 0.910. The molecule has 1 amide bonds. The van der Waals surface area contributed by atoms with Crippen molar-refractivity contribution in [2.45, 2.75) is 12.6 Å². The van der Waals surface area contributed by atoms with E-state index in [4.69, 9.17) is 16.3 Å². The Kier molecular flexibility index (Phi) is 3.46. The van der Waals surface area contributed by atoms with Crippen LogP contribution in [0.4, 0.5) is 5.69 Å². The molecule has 1 atom stereocenters. The summed E-state index contributed by atoms with van der Waals surface area (Å²) in [6.07, 6.45) is 0.0647. The van der Waals surface area contributed by atoms with Crippen LogP contribution in [0.25, 0.3) is 0 Å². The molecule has 6 heteroatoms. The van der Waals surface area contributed by atoms with Gasteiger partial charge in [0.15, 0.2) is 5.78 Å². The lowest BCUT2D eigenvalue weighted by Gasteiger charge is -2.42. The molecule has 0 radical (unpaired) electrons. The van der Waals surface area contributed by atoms with Crippen molar-refractivity contribution in [2.24, 2.45) is 0 Å². The fourth-order valence-corrected chi connectivity index (χ4v) is 3.65. The Morgan fingerprint density at radius 1 is 1.21 bits per heavy atom. The number of benzene rings is 2. The minimum absolute atomic E-state index is 0.0734. The number of halogens is 1. The molecule has 0 bridgehead atoms. The molecule has 0 saturated heterocycles. The zero-order chi connectivity index (χ0) is 16.8. The molecule has 122 valence electrons.